The van der Waals surface area contributed by atoms with Crippen LogP contribution in [-0.2, 0) is 0 Å². The average Bonchev–Trinajstić information content (AvgIpc) is 2.27. The second-order valence-corrected chi connectivity index (χ2v) is 5.99. The van der Waals surface area contributed by atoms with E-state index in [9.17, 15) is 4.79 Å². The number of carbonyl (C=O) groups is 1. The largest absolute Gasteiger partial charge is 0.350 e. The molecule has 0 heterocycles. The number of halogens is 1. The molecular formula is C14H19BrN2O. The predicted octanol–water partition coefficient (Wildman–Crippen LogP) is 2.66. The van der Waals surface area contributed by atoms with Gasteiger partial charge in [0.15, 0.2) is 0 Å². The Hall–Kier alpha value is -0.870. The molecular weight excluding hydrogens is 292 g/mol. The van der Waals surface area contributed by atoms with Gasteiger partial charge < -0.3 is 10.2 Å². The highest BCUT2D eigenvalue weighted by Crippen LogP contribution is 2.35. The van der Waals surface area contributed by atoms with Gasteiger partial charge in [-0.15, -0.1) is 0 Å². The van der Waals surface area contributed by atoms with E-state index in [0.717, 1.165) is 23.9 Å². The van der Waals surface area contributed by atoms with Crippen molar-refractivity contribution >= 4 is 21.8 Å². The lowest BCUT2D eigenvalue weighted by Crippen LogP contribution is -2.57. The SMILES string of the molecule is CN(C)C1(CNC(=O)c2ccccc2Br)CCC1. The minimum absolute atomic E-state index is 0.00407. The zero-order valence-corrected chi connectivity index (χ0v) is 12.5. The Labute approximate surface area is 117 Å². The second kappa shape index (κ2) is 5.41. The smallest absolute Gasteiger partial charge is 0.252 e. The Kier molecular flexibility index (Phi) is 4.07. The summed E-state index contributed by atoms with van der Waals surface area (Å²) in [5, 5.41) is 3.05. The van der Waals surface area contributed by atoms with Crippen LogP contribution in [0.2, 0.25) is 0 Å². The van der Waals surface area contributed by atoms with Crippen molar-refractivity contribution in [2.75, 3.05) is 20.6 Å². The molecule has 0 aliphatic heterocycles. The summed E-state index contributed by atoms with van der Waals surface area (Å²) in [5.41, 5.74) is 0.863. The number of hydrogen-bond acceptors (Lipinski definition) is 2. The minimum Gasteiger partial charge on any atom is -0.350 e. The quantitative estimate of drug-likeness (QED) is 0.927. The van der Waals surface area contributed by atoms with Crippen LogP contribution in [0, 0.1) is 0 Å². The fourth-order valence-corrected chi connectivity index (χ4v) is 2.82. The van der Waals surface area contributed by atoms with Gasteiger partial charge in [-0.05, 0) is 61.4 Å². The number of likely N-dealkylation sites (N-methyl/N-ethyl adjacent to an activating group) is 1. The normalized spacial score (nSPS) is 17.3. The zero-order valence-electron chi connectivity index (χ0n) is 10.9. The van der Waals surface area contributed by atoms with Crippen molar-refractivity contribution in [3.63, 3.8) is 0 Å². The Morgan fingerprint density at radius 2 is 2.06 bits per heavy atom. The van der Waals surface area contributed by atoms with E-state index in [1.807, 2.05) is 24.3 Å². The van der Waals surface area contributed by atoms with E-state index in [0.29, 0.717) is 5.56 Å². The lowest BCUT2D eigenvalue weighted by molar-refractivity contribution is 0.0557. The first-order valence-corrected chi connectivity index (χ1v) is 7.05. The summed E-state index contributed by atoms with van der Waals surface area (Å²) >= 11 is 3.41. The number of rotatable bonds is 4. The Balaban J connectivity index is 1.99. The maximum atomic E-state index is 12.1. The molecule has 1 N–H and O–H groups in total. The summed E-state index contributed by atoms with van der Waals surface area (Å²) in [4.78, 5) is 14.3. The van der Waals surface area contributed by atoms with Gasteiger partial charge in [0.25, 0.3) is 5.91 Å². The lowest BCUT2D eigenvalue weighted by atomic mass is 9.75. The number of benzene rings is 1. The number of carbonyl (C=O) groups excluding carboxylic acids is 1. The van der Waals surface area contributed by atoms with Crippen LogP contribution in [0.1, 0.15) is 29.6 Å². The zero-order chi connectivity index (χ0) is 13.2. The predicted molar refractivity (Wildman–Crippen MR) is 76.7 cm³/mol. The molecule has 18 heavy (non-hydrogen) atoms. The fourth-order valence-electron chi connectivity index (χ4n) is 2.35. The standard InChI is InChI=1S/C14H19BrN2O/c1-17(2)14(8-5-9-14)10-16-13(18)11-6-3-4-7-12(11)15/h3-4,6-7H,5,8-10H2,1-2H3,(H,16,18). The number of amides is 1. The first-order valence-electron chi connectivity index (χ1n) is 6.25. The molecule has 0 unspecified atom stereocenters. The molecule has 1 amide bonds. The van der Waals surface area contributed by atoms with Gasteiger partial charge >= 0.3 is 0 Å². The molecule has 0 bridgehead atoms. The van der Waals surface area contributed by atoms with Crippen molar-refractivity contribution in [3.8, 4) is 0 Å². The first-order chi connectivity index (χ1) is 8.55. The molecule has 0 saturated heterocycles. The topological polar surface area (TPSA) is 32.3 Å². The summed E-state index contributed by atoms with van der Waals surface area (Å²) < 4.78 is 0.843. The van der Waals surface area contributed by atoms with Crippen LogP contribution in [0.5, 0.6) is 0 Å². The highest BCUT2D eigenvalue weighted by molar-refractivity contribution is 9.10. The Morgan fingerprint density at radius 1 is 1.39 bits per heavy atom. The molecule has 98 valence electrons. The Morgan fingerprint density at radius 3 is 2.56 bits per heavy atom. The van der Waals surface area contributed by atoms with Crippen LogP contribution in [0.25, 0.3) is 0 Å². The van der Waals surface area contributed by atoms with Crippen molar-refractivity contribution < 1.29 is 4.79 Å². The van der Waals surface area contributed by atoms with Gasteiger partial charge in [0.05, 0.1) is 5.56 Å². The average molecular weight is 311 g/mol. The van der Waals surface area contributed by atoms with Gasteiger partial charge in [-0.2, -0.15) is 0 Å². The molecule has 1 aliphatic rings. The van der Waals surface area contributed by atoms with E-state index in [1.54, 1.807) is 0 Å². The van der Waals surface area contributed by atoms with E-state index < -0.39 is 0 Å². The van der Waals surface area contributed by atoms with Gasteiger partial charge in [-0.25, -0.2) is 0 Å². The van der Waals surface area contributed by atoms with E-state index in [2.05, 4.69) is 40.2 Å². The van der Waals surface area contributed by atoms with Crippen LogP contribution in [0.15, 0.2) is 28.7 Å². The van der Waals surface area contributed by atoms with Crippen LogP contribution < -0.4 is 5.32 Å². The molecule has 0 atom stereocenters. The monoisotopic (exact) mass is 310 g/mol. The van der Waals surface area contributed by atoms with E-state index in [1.165, 1.54) is 6.42 Å². The maximum Gasteiger partial charge on any atom is 0.252 e. The van der Waals surface area contributed by atoms with Gasteiger partial charge in [-0.3, -0.25) is 4.79 Å². The molecule has 2 rings (SSSR count). The third-order valence-electron chi connectivity index (χ3n) is 3.93. The van der Waals surface area contributed by atoms with Gasteiger partial charge in [0.1, 0.15) is 0 Å². The van der Waals surface area contributed by atoms with Crippen LogP contribution in [0.3, 0.4) is 0 Å². The lowest BCUT2D eigenvalue weighted by Gasteiger charge is -2.47. The number of nitrogens with zero attached hydrogens (tertiary/aromatic N) is 1. The summed E-state index contributed by atoms with van der Waals surface area (Å²) in [6.07, 6.45) is 3.58. The Bertz CT molecular complexity index is 441. The highest BCUT2D eigenvalue weighted by atomic mass is 79.9. The van der Waals surface area contributed by atoms with E-state index in [4.69, 9.17) is 0 Å². The molecule has 0 aromatic heterocycles. The molecule has 1 aliphatic carbocycles. The molecule has 0 spiro atoms. The first kappa shape index (κ1) is 13.6. The minimum atomic E-state index is -0.00407. The van der Waals surface area contributed by atoms with Crippen LogP contribution in [-0.4, -0.2) is 37.0 Å². The number of hydrogen-bond donors (Lipinski definition) is 1. The summed E-state index contributed by atoms with van der Waals surface area (Å²) in [6, 6.07) is 7.52. The van der Waals surface area contributed by atoms with Crippen molar-refractivity contribution in [1.29, 1.82) is 0 Å². The third-order valence-corrected chi connectivity index (χ3v) is 4.62. The van der Waals surface area contributed by atoms with E-state index in [-0.39, 0.29) is 11.4 Å². The fraction of sp³-hybridized carbons (Fsp3) is 0.500. The second-order valence-electron chi connectivity index (χ2n) is 5.13. The highest BCUT2D eigenvalue weighted by Gasteiger charge is 2.39. The number of nitrogens with one attached hydrogen (secondary N) is 1. The molecule has 3 nitrogen and oxygen atoms in total. The maximum absolute atomic E-state index is 12.1. The third kappa shape index (κ3) is 2.59. The van der Waals surface area contributed by atoms with Crippen molar-refractivity contribution in [2.24, 2.45) is 0 Å². The molecule has 4 heteroatoms. The van der Waals surface area contributed by atoms with E-state index >= 15 is 0 Å². The van der Waals surface area contributed by atoms with Crippen LogP contribution in [0.4, 0.5) is 0 Å². The molecule has 0 radical (unpaired) electrons. The van der Waals surface area contributed by atoms with Crippen molar-refractivity contribution in [1.82, 2.24) is 10.2 Å². The van der Waals surface area contributed by atoms with Crippen LogP contribution >= 0.6 is 15.9 Å². The summed E-state index contributed by atoms with van der Waals surface area (Å²) in [7, 11) is 4.17. The molecule has 1 aromatic rings. The van der Waals surface area contributed by atoms with Gasteiger partial charge in [0.2, 0.25) is 0 Å². The van der Waals surface area contributed by atoms with Crippen molar-refractivity contribution in [2.45, 2.75) is 24.8 Å². The van der Waals surface area contributed by atoms with Crippen molar-refractivity contribution in [3.05, 3.63) is 34.3 Å². The van der Waals surface area contributed by atoms with Gasteiger partial charge in [0, 0.05) is 16.6 Å². The van der Waals surface area contributed by atoms with Gasteiger partial charge in [-0.1, -0.05) is 12.1 Å². The molecule has 1 fully saturated rings. The summed E-state index contributed by atoms with van der Waals surface area (Å²) in [6.45, 7) is 0.722. The molecule has 1 aromatic carbocycles. The summed E-state index contributed by atoms with van der Waals surface area (Å²) in [5.74, 6) is -0.00407. The molecule has 1 saturated carbocycles.